The molecular formula is C15H27N3O3. The van der Waals surface area contributed by atoms with Crippen molar-refractivity contribution in [3.05, 3.63) is 0 Å². The van der Waals surface area contributed by atoms with Crippen molar-refractivity contribution in [3.63, 3.8) is 0 Å². The zero-order valence-electron chi connectivity index (χ0n) is 13.3. The summed E-state index contributed by atoms with van der Waals surface area (Å²) < 4.78 is 0. The number of aliphatic carboxylic acids is 1. The molecule has 0 aliphatic carbocycles. The number of carbonyl (C=O) groups is 2. The third-order valence-corrected chi connectivity index (χ3v) is 5.40. The van der Waals surface area contributed by atoms with Gasteiger partial charge < -0.3 is 15.3 Å². The summed E-state index contributed by atoms with van der Waals surface area (Å²) in [5, 5.41) is 12.2. The molecule has 0 spiro atoms. The van der Waals surface area contributed by atoms with E-state index in [4.69, 9.17) is 0 Å². The van der Waals surface area contributed by atoms with E-state index in [1.165, 1.54) is 6.42 Å². The first-order valence-electron chi connectivity index (χ1n) is 7.96. The second kappa shape index (κ2) is 6.22. The van der Waals surface area contributed by atoms with Crippen molar-refractivity contribution >= 4 is 12.0 Å². The van der Waals surface area contributed by atoms with Gasteiger partial charge in [-0.3, -0.25) is 4.90 Å². The third-order valence-electron chi connectivity index (χ3n) is 5.40. The number of urea groups is 1. The van der Waals surface area contributed by atoms with Crippen LogP contribution >= 0.6 is 0 Å². The molecule has 2 N–H and O–H groups in total. The summed E-state index contributed by atoms with van der Waals surface area (Å²) in [6, 6.07) is 0.738. The summed E-state index contributed by atoms with van der Waals surface area (Å²) in [5.74, 6) is -0.950. The van der Waals surface area contributed by atoms with Gasteiger partial charge >= 0.3 is 12.0 Å². The summed E-state index contributed by atoms with van der Waals surface area (Å²) >= 11 is 0. The standard InChI is InChI=1S/C15H27N3O3/c1-4-15(5-2,13(19)20)16-14(21)18-9-8-11-6-7-12(10-18)17(11)3/h11-12H,4-10H2,1-3H3,(H,16,21)(H,19,20). The molecule has 21 heavy (non-hydrogen) atoms. The first-order valence-corrected chi connectivity index (χ1v) is 7.96. The lowest BCUT2D eigenvalue weighted by Crippen LogP contribution is -2.58. The summed E-state index contributed by atoms with van der Waals surface area (Å²) in [5.41, 5.74) is -1.14. The quantitative estimate of drug-likeness (QED) is 0.825. The van der Waals surface area contributed by atoms with Gasteiger partial charge in [0.2, 0.25) is 0 Å². The molecule has 2 heterocycles. The van der Waals surface area contributed by atoms with E-state index in [-0.39, 0.29) is 6.03 Å². The van der Waals surface area contributed by atoms with Crippen molar-refractivity contribution in [2.75, 3.05) is 20.1 Å². The zero-order valence-corrected chi connectivity index (χ0v) is 13.3. The molecule has 6 nitrogen and oxygen atoms in total. The molecule has 0 aromatic rings. The third kappa shape index (κ3) is 3.00. The van der Waals surface area contributed by atoms with Gasteiger partial charge in [-0.2, -0.15) is 0 Å². The molecule has 0 saturated carbocycles. The average molecular weight is 297 g/mol. The maximum Gasteiger partial charge on any atom is 0.329 e. The Morgan fingerprint density at radius 1 is 1.19 bits per heavy atom. The molecule has 6 heteroatoms. The van der Waals surface area contributed by atoms with E-state index in [1.54, 1.807) is 18.7 Å². The summed E-state index contributed by atoms with van der Waals surface area (Å²) in [6.45, 7) is 5.01. The predicted molar refractivity (Wildman–Crippen MR) is 80.2 cm³/mol. The number of rotatable bonds is 4. The van der Waals surface area contributed by atoms with Crippen molar-refractivity contribution in [3.8, 4) is 0 Å². The summed E-state index contributed by atoms with van der Waals surface area (Å²) in [4.78, 5) is 28.2. The molecule has 2 fully saturated rings. The van der Waals surface area contributed by atoms with Crippen molar-refractivity contribution in [1.82, 2.24) is 15.1 Å². The minimum atomic E-state index is -1.14. The lowest BCUT2D eigenvalue weighted by Gasteiger charge is -2.33. The van der Waals surface area contributed by atoms with Gasteiger partial charge in [0, 0.05) is 25.2 Å². The van der Waals surface area contributed by atoms with Crippen LogP contribution in [0.2, 0.25) is 0 Å². The Kier molecular flexibility index (Phi) is 4.76. The van der Waals surface area contributed by atoms with E-state index in [1.807, 2.05) is 0 Å². The van der Waals surface area contributed by atoms with Crippen LogP contribution < -0.4 is 5.32 Å². The normalized spacial score (nSPS) is 26.5. The Hall–Kier alpha value is -1.30. The highest BCUT2D eigenvalue weighted by Crippen LogP contribution is 2.28. The average Bonchev–Trinajstić information content (AvgIpc) is 2.69. The molecule has 0 radical (unpaired) electrons. The molecule has 2 aliphatic rings. The maximum absolute atomic E-state index is 12.5. The fourth-order valence-corrected chi connectivity index (χ4v) is 3.56. The van der Waals surface area contributed by atoms with Crippen LogP contribution in [-0.4, -0.2) is 64.7 Å². The number of hydrogen-bond acceptors (Lipinski definition) is 3. The van der Waals surface area contributed by atoms with Crippen LogP contribution in [0.5, 0.6) is 0 Å². The van der Waals surface area contributed by atoms with Crippen LogP contribution in [0.3, 0.4) is 0 Å². The molecular weight excluding hydrogens is 270 g/mol. The molecule has 2 atom stereocenters. The number of amides is 2. The maximum atomic E-state index is 12.5. The van der Waals surface area contributed by atoms with Crippen molar-refractivity contribution in [2.24, 2.45) is 0 Å². The highest BCUT2D eigenvalue weighted by atomic mass is 16.4. The van der Waals surface area contributed by atoms with E-state index < -0.39 is 11.5 Å². The van der Waals surface area contributed by atoms with E-state index in [9.17, 15) is 14.7 Å². The Balaban J connectivity index is 2.04. The second-order valence-electron chi connectivity index (χ2n) is 6.31. The molecule has 2 bridgehead atoms. The number of hydrogen-bond donors (Lipinski definition) is 2. The number of likely N-dealkylation sites (N-methyl/N-ethyl adjacent to an activating group) is 1. The predicted octanol–water partition coefficient (Wildman–Crippen LogP) is 1.51. The molecule has 0 aromatic carbocycles. The van der Waals surface area contributed by atoms with Gasteiger partial charge in [0.05, 0.1) is 0 Å². The van der Waals surface area contributed by atoms with Gasteiger partial charge in [-0.05, 0) is 39.2 Å². The van der Waals surface area contributed by atoms with Crippen LogP contribution in [0.4, 0.5) is 4.79 Å². The number of nitrogens with zero attached hydrogens (tertiary/aromatic N) is 2. The Bertz CT molecular complexity index is 409. The van der Waals surface area contributed by atoms with Crippen molar-refractivity contribution in [2.45, 2.75) is 63.6 Å². The molecule has 2 aliphatic heterocycles. The number of nitrogens with one attached hydrogen (secondary N) is 1. The smallest absolute Gasteiger partial charge is 0.329 e. The molecule has 0 aromatic heterocycles. The van der Waals surface area contributed by atoms with Crippen molar-refractivity contribution in [1.29, 1.82) is 0 Å². The SMILES string of the molecule is CCC(CC)(NC(=O)N1CCC2CCC(C1)N2C)C(=O)O. The first-order chi connectivity index (χ1) is 9.93. The molecule has 2 amide bonds. The molecule has 120 valence electrons. The highest BCUT2D eigenvalue weighted by Gasteiger charge is 2.40. The Morgan fingerprint density at radius 2 is 1.81 bits per heavy atom. The highest BCUT2D eigenvalue weighted by molar-refractivity contribution is 5.86. The second-order valence-corrected chi connectivity index (χ2v) is 6.31. The van der Waals surface area contributed by atoms with Crippen LogP contribution in [0.15, 0.2) is 0 Å². The number of carbonyl (C=O) groups excluding carboxylic acids is 1. The van der Waals surface area contributed by atoms with Crippen LogP contribution in [0.1, 0.15) is 46.0 Å². The van der Waals surface area contributed by atoms with Gasteiger partial charge in [-0.1, -0.05) is 13.8 Å². The largest absolute Gasteiger partial charge is 0.480 e. The number of carboxylic acid groups (broad SMARTS) is 1. The zero-order chi connectivity index (χ0) is 15.6. The van der Waals surface area contributed by atoms with Gasteiger partial charge in [0.25, 0.3) is 0 Å². The van der Waals surface area contributed by atoms with Gasteiger partial charge in [0.15, 0.2) is 0 Å². The van der Waals surface area contributed by atoms with Gasteiger partial charge in [-0.15, -0.1) is 0 Å². The monoisotopic (exact) mass is 297 g/mol. The lowest BCUT2D eigenvalue weighted by molar-refractivity contribution is -0.144. The van der Waals surface area contributed by atoms with E-state index in [2.05, 4.69) is 17.3 Å². The fourth-order valence-electron chi connectivity index (χ4n) is 3.56. The minimum absolute atomic E-state index is 0.234. The van der Waals surface area contributed by atoms with Crippen molar-refractivity contribution < 1.29 is 14.7 Å². The number of fused-ring (bicyclic) bond motifs is 2. The lowest BCUT2D eigenvalue weighted by atomic mass is 9.93. The Labute approximate surface area is 126 Å². The van der Waals surface area contributed by atoms with Gasteiger partial charge in [-0.25, -0.2) is 9.59 Å². The number of likely N-dealkylation sites (tertiary alicyclic amines) is 1. The Morgan fingerprint density at radius 3 is 2.38 bits per heavy atom. The summed E-state index contributed by atoms with van der Waals surface area (Å²) in [6.07, 6.45) is 4.09. The molecule has 2 saturated heterocycles. The fraction of sp³-hybridized carbons (Fsp3) is 0.867. The topological polar surface area (TPSA) is 72.9 Å². The number of carboxylic acids is 1. The summed E-state index contributed by atoms with van der Waals surface area (Å²) in [7, 11) is 2.13. The van der Waals surface area contributed by atoms with Crippen LogP contribution in [0.25, 0.3) is 0 Å². The van der Waals surface area contributed by atoms with E-state index in [0.29, 0.717) is 38.0 Å². The van der Waals surface area contributed by atoms with Crippen LogP contribution in [0, 0.1) is 0 Å². The van der Waals surface area contributed by atoms with E-state index in [0.717, 1.165) is 12.8 Å². The van der Waals surface area contributed by atoms with Gasteiger partial charge in [0.1, 0.15) is 5.54 Å². The minimum Gasteiger partial charge on any atom is -0.480 e. The van der Waals surface area contributed by atoms with Crippen LogP contribution in [-0.2, 0) is 4.79 Å². The first kappa shape index (κ1) is 16.1. The molecule has 2 unspecified atom stereocenters. The molecule has 2 rings (SSSR count). The van der Waals surface area contributed by atoms with E-state index >= 15 is 0 Å².